The van der Waals surface area contributed by atoms with Crippen LogP contribution in [-0.2, 0) is 13.0 Å². The van der Waals surface area contributed by atoms with Crippen molar-refractivity contribution in [2.45, 2.75) is 24.8 Å². The van der Waals surface area contributed by atoms with Crippen molar-refractivity contribution in [2.75, 3.05) is 6.54 Å². The predicted molar refractivity (Wildman–Crippen MR) is 89.8 cm³/mol. The van der Waals surface area contributed by atoms with Gasteiger partial charge in [-0.15, -0.1) is 0 Å². The largest absolute Gasteiger partial charge is 0.312 e. The monoisotopic (exact) mass is 294 g/mol. The molecule has 2 heterocycles. The predicted octanol–water partition coefficient (Wildman–Crippen LogP) is 4.15. The SMILES string of the molecule is Cc1ccc(Sn2cc3c4c(cccc42)CNCC3)cc1. The van der Waals surface area contributed by atoms with Crippen LogP contribution in [0.15, 0.2) is 53.6 Å². The summed E-state index contributed by atoms with van der Waals surface area (Å²) in [6.07, 6.45) is 3.42. The minimum atomic E-state index is 0.976. The van der Waals surface area contributed by atoms with Gasteiger partial charge in [-0.1, -0.05) is 29.8 Å². The van der Waals surface area contributed by atoms with E-state index >= 15 is 0 Å². The summed E-state index contributed by atoms with van der Waals surface area (Å²) in [4.78, 5) is 1.28. The van der Waals surface area contributed by atoms with E-state index in [1.165, 1.54) is 32.5 Å². The lowest BCUT2D eigenvalue weighted by Gasteiger charge is -2.07. The highest BCUT2D eigenvalue weighted by Gasteiger charge is 2.15. The van der Waals surface area contributed by atoms with E-state index in [1.54, 1.807) is 11.9 Å². The Morgan fingerprint density at radius 2 is 1.90 bits per heavy atom. The molecule has 1 aliphatic heterocycles. The molecular formula is C18H18N2S. The van der Waals surface area contributed by atoms with E-state index in [1.807, 2.05) is 0 Å². The standard InChI is InChI=1S/C18H18N2S/c1-13-5-7-16(8-6-13)21-20-12-15-9-10-19-11-14-3-2-4-17(20)18(14)15/h2-8,12,19H,9-11H2,1H3. The average Bonchev–Trinajstić information content (AvgIpc) is 2.71. The normalized spacial score (nSPS) is 14.3. The topological polar surface area (TPSA) is 17.0 Å². The Labute approximate surface area is 129 Å². The van der Waals surface area contributed by atoms with Crippen LogP contribution in [-0.4, -0.2) is 10.5 Å². The second-order valence-corrected chi connectivity index (χ2v) is 6.67. The lowest BCUT2D eigenvalue weighted by atomic mass is 10.1. The number of nitrogens with zero attached hydrogens (tertiary/aromatic N) is 1. The molecule has 4 rings (SSSR count). The molecule has 0 unspecified atom stereocenters. The molecule has 0 spiro atoms. The van der Waals surface area contributed by atoms with Crippen molar-refractivity contribution in [1.82, 2.24) is 9.29 Å². The summed E-state index contributed by atoms with van der Waals surface area (Å²) in [6.45, 7) is 4.16. The van der Waals surface area contributed by atoms with Crippen LogP contribution in [0.1, 0.15) is 16.7 Å². The zero-order valence-electron chi connectivity index (χ0n) is 12.1. The van der Waals surface area contributed by atoms with Gasteiger partial charge in [0, 0.05) is 23.0 Å². The number of aryl methyl sites for hydroxylation is 1. The highest BCUT2D eigenvalue weighted by molar-refractivity contribution is 7.98. The first-order chi connectivity index (χ1) is 10.3. The third kappa shape index (κ3) is 2.37. The zero-order chi connectivity index (χ0) is 14.2. The lowest BCUT2D eigenvalue weighted by molar-refractivity contribution is 0.701. The molecule has 1 N–H and O–H groups in total. The molecule has 2 aromatic carbocycles. The van der Waals surface area contributed by atoms with Crippen LogP contribution in [0.25, 0.3) is 10.9 Å². The number of aromatic nitrogens is 1. The quantitative estimate of drug-likeness (QED) is 0.764. The summed E-state index contributed by atoms with van der Waals surface area (Å²) in [5.74, 6) is 0. The highest BCUT2D eigenvalue weighted by Crippen LogP contribution is 2.32. The molecule has 2 nitrogen and oxygen atoms in total. The van der Waals surface area contributed by atoms with Crippen LogP contribution in [0.4, 0.5) is 0 Å². The second kappa shape index (κ2) is 5.24. The van der Waals surface area contributed by atoms with E-state index < -0.39 is 0 Å². The van der Waals surface area contributed by atoms with E-state index in [9.17, 15) is 0 Å². The van der Waals surface area contributed by atoms with Gasteiger partial charge in [0.15, 0.2) is 0 Å². The lowest BCUT2D eigenvalue weighted by Crippen LogP contribution is -2.13. The van der Waals surface area contributed by atoms with Gasteiger partial charge < -0.3 is 5.32 Å². The molecule has 21 heavy (non-hydrogen) atoms. The molecule has 0 saturated carbocycles. The Bertz CT molecular complexity index is 787. The van der Waals surface area contributed by atoms with Gasteiger partial charge in [0.25, 0.3) is 0 Å². The van der Waals surface area contributed by atoms with Crippen LogP contribution in [0.3, 0.4) is 0 Å². The maximum absolute atomic E-state index is 3.50. The Morgan fingerprint density at radius 1 is 1.05 bits per heavy atom. The van der Waals surface area contributed by atoms with Crippen molar-refractivity contribution in [3.8, 4) is 0 Å². The van der Waals surface area contributed by atoms with Crippen LogP contribution >= 0.6 is 11.9 Å². The first-order valence-electron chi connectivity index (χ1n) is 7.39. The number of benzene rings is 2. The minimum Gasteiger partial charge on any atom is -0.312 e. The van der Waals surface area contributed by atoms with Gasteiger partial charge in [-0.25, -0.2) is 0 Å². The van der Waals surface area contributed by atoms with Gasteiger partial charge in [-0.2, -0.15) is 0 Å². The van der Waals surface area contributed by atoms with Crippen LogP contribution in [0, 0.1) is 6.92 Å². The molecule has 0 saturated heterocycles. The molecule has 0 radical (unpaired) electrons. The zero-order valence-corrected chi connectivity index (χ0v) is 12.9. The maximum atomic E-state index is 3.50. The van der Waals surface area contributed by atoms with Gasteiger partial charge in [-0.3, -0.25) is 3.97 Å². The molecule has 0 amide bonds. The average molecular weight is 294 g/mol. The summed E-state index contributed by atoms with van der Waals surface area (Å²) in [5.41, 5.74) is 5.52. The maximum Gasteiger partial charge on any atom is 0.0600 e. The fourth-order valence-corrected chi connectivity index (χ4v) is 3.90. The van der Waals surface area contributed by atoms with Crippen LogP contribution < -0.4 is 5.32 Å². The van der Waals surface area contributed by atoms with E-state index in [0.29, 0.717) is 0 Å². The summed E-state index contributed by atoms with van der Waals surface area (Å²) >= 11 is 1.80. The van der Waals surface area contributed by atoms with Crippen molar-refractivity contribution < 1.29 is 0 Å². The Kier molecular flexibility index (Phi) is 3.24. The van der Waals surface area contributed by atoms with E-state index in [2.05, 4.69) is 64.9 Å². The molecule has 3 heteroatoms. The second-order valence-electron chi connectivity index (χ2n) is 5.62. The van der Waals surface area contributed by atoms with Crippen LogP contribution in [0.2, 0.25) is 0 Å². The molecule has 3 aromatic rings. The van der Waals surface area contributed by atoms with Gasteiger partial charge >= 0.3 is 0 Å². The van der Waals surface area contributed by atoms with Crippen molar-refractivity contribution in [2.24, 2.45) is 0 Å². The third-order valence-corrected chi connectivity index (χ3v) is 5.05. The molecule has 1 aliphatic rings. The molecule has 0 aliphatic carbocycles. The summed E-state index contributed by atoms with van der Waals surface area (Å²) < 4.78 is 2.32. The van der Waals surface area contributed by atoms with Gasteiger partial charge in [0.05, 0.1) is 5.52 Å². The molecule has 1 aromatic heterocycles. The molecule has 0 bridgehead atoms. The highest BCUT2D eigenvalue weighted by atomic mass is 32.2. The fourth-order valence-electron chi connectivity index (χ4n) is 2.99. The third-order valence-electron chi connectivity index (χ3n) is 4.07. The van der Waals surface area contributed by atoms with Gasteiger partial charge in [0.1, 0.15) is 0 Å². The number of hydrogen-bond acceptors (Lipinski definition) is 2. The van der Waals surface area contributed by atoms with Gasteiger partial charge in [-0.05, 0) is 61.2 Å². The summed E-state index contributed by atoms with van der Waals surface area (Å²) in [6, 6.07) is 15.4. The molecule has 0 atom stereocenters. The fraction of sp³-hybridized carbons (Fsp3) is 0.222. The Balaban J connectivity index is 1.81. The Morgan fingerprint density at radius 3 is 2.76 bits per heavy atom. The molecule has 0 fully saturated rings. The van der Waals surface area contributed by atoms with Gasteiger partial charge in [0.2, 0.25) is 0 Å². The van der Waals surface area contributed by atoms with E-state index in [4.69, 9.17) is 0 Å². The number of hydrogen-bond donors (Lipinski definition) is 1. The number of rotatable bonds is 2. The molecular weight excluding hydrogens is 276 g/mol. The van der Waals surface area contributed by atoms with E-state index in [-0.39, 0.29) is 0 Å². The summed E-state index contributed by atoms with van der Waals surface area (Å²) in [5, 5.41) is 4.95. The van der Waals surface area contributed by atoms with Crippen LogP contribution in [0.5, 0.6) is 0 Å². The van der Waals surface area contributed by atoms with Crippen molar-refractivity contribution in [3.63, 3.8) is 0 Å². The smallest absolute Gasteiger partial charge is 0.0600 e. The Hall–Kier alpha value is -1.71. The van der Waals surface area contributed by atoms with Crippen molar-refractivity contribution >= 4 is 22.9 Å². The number of nitrogens with one attached hydrogen (secondary N) is 1. The summed E-state index contributed by atoms with van der Waals surface area (Å²) in [7, 11) is 0. The van der Waals surface area contributed by atoms with Crippen molar-refractivity contribution in [1.29, 1.82) is 0 Å². The minimum absolute atomic E-state index is 0.976. The van der Waals surface area contributed by atoms with Crippen molar-refractivity contribution in [3.05, 3.63) is 65.4 Å². The first kappa shape index (κ1) is 13.0. The van der Waals surface area contributed by atoms with E-state index in [0.717, 1.165) is 19.5 Å². The first-order valence-corrected chi connectivity index (χ1v) is 8.16. The molecule has 106 valence electrons.